The number of carbonyl (C=O) groups excluding carboxylic acids is 2. The zero-order valence-electron chi connectivity index (χ0n) is 19.0. The number of nitrogens with zero attached hydrogens (tertiary/aromatic N) is 3. The van der Waals surface area contributed by atoms with Gasteiger partial charge in [0.05, 0.1) is 11.1 Å². The Morgan fingerprint density at radius 1 is 0.972 bits per heavy atom. The minimum atomic E-state index is -4.50. The molecule has 2 aromatic carbocycles. The van der Waals surface area contributed by atoms with Crippen LogP contribution in [0.5, 0.6) is 0 Å². The molecule has 188 valence electrons. The van der Waals surface area contributed by atoms with Crippen LogP contribution in [0.4, 0.5) is 17.6 Å². The number of hydrogen-bond donors (Lipinski definition) is 1. The summed E-state index contributed by atoms with van der Waals surface area (Å²) >= 11 is 1.31. The molecule has 0 bridgehead atoms. The molecule has 1 unspecified atom stereocenters. The first-order chi connectivity index (χ1) is 17.2. The Balaban J connectivity index is 1.16. The smallest absolute Gasteiger partial charge is 0.335 e. The minimum absolute atomic E-state index is 0.0429. The van der Waals surface area contributed by atoms with Crippen LogP contribution in [0, 0.1) is 5.82 Å². The van der Waals surface area contributed by atoms with E-state index in [1.54, 1.807) is 16.5 Å². The number of halogens is 4. The molecule has 0 spiro atoms. The third-order valence-electron chi connectivity index (χ3n) is 6.45. The van der Waals surface area contributed by atoms with Gasteiger partial charge in [-0.05, 0) is 41.8 Å². The first-order valence-electron chi connectivity index (χ1n) is 11.4. The van der Waals surface area contributed by atoms with Crippen LogP contribution in [-0.4, -0.2) is 64.9 Å². The number of likely N-dealkylation sites (tertiary alicyclic amines) is 2. The molecule has 2 saturated heterocycles. The average Bonchev–Trinajstić information content (AvgIpc) is 3.52. The van der Waals surface area contributed by atoms with E-state index in [2.05, 4.69) is 10.3 Å². The summed E-state index contributed by atoms with van der Waals surface area (Å²) in [5.41, 5.74) is -0.464. The largest absolute Gasteiger partial charge is 0.416 e. The van der Waals surface area contributed by atoms with Crippen molar-refractivity contribution in [3.05, 3.63) is 76.0 Å². The summed E-state index contributed by atoms with van der Waals surface area (Å²) < 4.78 is 53.7. The van der Waals surface area contributed by atoms with Crippen LogP contribution in [-0.2, 0) is 6.18 Å². The van der Waals surface area contributed by atoms with Gasteiger partial charge in [-0.1, -0.05) is 18.2 Å². The predicted molar refractivity (Wildman–Crippen MR) is 126 cm³/mol. The number of hydrogen-bond acceptors (Lipinski definition) is 5. The summed E-state index contributed by atoms with van der Waals surface area (Å²) in [6, 6.07) is 8.64. The molecule has 5 rings (SSSR count). The van der Waals surface area contributed by atoms with E-state index in [0.717, 1.165) is 24.6 Å². The molecule has 0 aliphatic carbocycles. The van der Waals surface area contributed by atoms with Crippen molar-refractivity contribution < 1.29 is 27.2 Å². The van der Waals surface area contributed by atoms with Gasteiger partial charge in [0.25, 0.3) is 11.8 Å². The second-order valence-corrected chi connectivity index (χ2v) is 9.82. The molecule has 1 aromatic heterocycles. The molecule has 2 aliphatic rings. The van der Waals surface area contributed by atoms with Crippen molar-refractivity contribution in [1.29, 1.82) is 0 Å². The maximum atomic E-state index is 14.8. The molecule has 11 heteroatoms. The highest BCUT2D eigenvalue weighted by Crippen LogP contribution is 2.32. The van der Waals surface area contributed by atoms with Crippen molar-refractivity contribution >= 4 is 23.2 Å². The average molecular weight is 519 g/mol. The second-order valence-electron chi connectivity index (χ2n) is 8.92. The van der Waals surface area contributed by atoms with E-state index in [1.165, 1.54) is 40.5 Å². The Kier molecular flexibility index (Phi) is 6.52. The number of amides is 2. The van der Waals surface area contributed by atoms with Gasteiger partial charge >= 0.3 is 6.18 Å². The summed E-state index contributed by atoms with van der Waals surface area (Å²) in [5, 5.41) is 5.69. The molecular weight excluding hydrogens is 496 g/mol. The van der Waals surface area contributed by atoms with Crippen molar-refractivity contribution in [3.63, 3.8) is 0 Å². The highest BCUT2D eigenvalue weighted by atomic mass is 32.1. The van der Waals surface area contributed by atoms with Crippen molar-refractivity contribution in [1.82, 2.24) is 20.1 Å². The summed E-state index contributed by atoms with van der Waals surface area (Å²) in [7, 11) is 0. The van der Waals surface area contributed by atoms with E-state index in [-0.39, 0.29) is 34.7 Å². The Morgan fingerprint density at radius 3 is 2.42 bits per heavy atom. The lowest BCUT2D eigenvalue weighted by Gasteiger charge is -2.41. The molecule has 1 N–H and O–H groups in total. The van der Waals surface area contributed by atoms with Gasteiger partial charge in [-0.3, -0.25) is 9.59 Å². The number of aromatic nitrogens is 1. The molecule has 3 heterocycles. The van der Waals surface area contributed by atoms with Gasteiger partial charge < -0.3 is 15.1 Å². The fourth-order valence-corrected chi connectivity index (χ4v) is 5.14. The van der Waals surface area contributed by atoms with E-state index in [1.807, 2.05) is 0 Å². The molecule has 6 nitrogen and oxygen atoms in total. The fourth-order valence-electron chi connectivity index (χ4n) is 4.54. The molecule has 2 amide bonds. The monoisotopic (exact) mass is 518 g/mol. The lowest BCUT2D eigenvalue weighted by atomic mass is 9.99. The van der Waals surface area contributed by atoms with Crippen LogP contribution >= 0.6 is 11.3 Å². The highest BCUT2D eigenvalue weighted by molar-refractivity contribution is 7.11. The maximum absolute atomic E-state index is 14.8. The maximum Gasteiger partial charge on any atom is 0.416 e. The van der Waals surface area contributed by atoms with E-state index < -0.39 is 23.5 Å². The normalized spacial score (nSPS) is 18.4. The summed E-state index contributed by atoms with van der Waals surface area (Å²) in [4.78, 5) is 32.6. The Bertz CT molecular complexity index is 1280. The summed E-state index contributed by atoms with van der Waals surface area (Å²) in [6.07, 6.45) is -2.10. The van der Waals surface area contributed by atoms with Gasteiger partial charge in [0.15, 0.2) is 5.01 Å². The van der Waals surface area contributed by atoms with Gasteiger partial charge in [-0.2, -0.15) is 13.2 Å². The van der Waals surface area contributed by atoms with Gasteiger partial charge in [0.2, 0.25) is 0 Å². The lowest BCUT2D eigenvalue weighted by molar-refractivity contribution is -0.137. The number of benzene rings is 2. The van der Waals surface area contributed by atoms with E-state index >= 15 is 0 Å². The van der Waals surface area contributed by atoms with E-state index in [9.17, 15) is 27.2 Å². The predicted octanol–water partition coefficient (Wildman–Crippen LogP) is 4.30. The SMILES string of the molecule is O=C(c1nccs1)N1CCC(NC2CN(C(=O)c3ccc(-c4cccc(C(F)(F)F)c4)cc3F)C2)C1. The summed E-state index contributed by atoms with van der Waals surface area (Å²) in [5.74, 6) is -1.32. The zero-order chi connectivity index (χ0) is 25.4. The first-order valence-corrected chi connectivity index (χ1v) is 12.3. The van der Waals surface area contributed by atoms with Crippen LogP contribution in [0.15, 0.2) is 54.0 Å². The van der Waals surface area contributed by atoms with Crippen LogP contribution in [0.2, 0.25) is 0 Å². The third-order valence-corrected chi connectivity index (χ3v) is 7.21. The van der Waals surface area contributed by atoms with Gasteiger partial charge in [0, 0.05) is 49.8 Å². The van der Waals surface area contributed by atoms with Crippen molar-refractivity contribution in [3.8, 4) is 11.1 Å². The first kappa shape index (κ1) is 24.4. The van der Waals surface area contributed by atoms with Gasteiger partial charge in [-0.15, -0.1) is 11.3 Å². The standard InChI is InChI=1S/C25H22F4N4O2S/c26-21-11-16(15-2-1-3-17(10-15)25(27,28)29)4-5-20(21)23(34)33-13-19(14-33)31-18-6-8-32(12-18)24(35)22-30-7-9-36-22/h1-5,7,9-11,18-19,31H,6,8,12-14H2. The summed E-state index contributed by atoms with van der Waals surface area (Å²) in [6.45, 7) is 2.01. The van der Waals surface area contributed by atoms with Gasteiger partial charge in [0.1, 0.15) is 5.82 Å². The fraction of sp³-hybridized carbons (Fsp3) is 0.320. The zero-order valence-corrected chi connectivity index (χ0v) is 19.8. The Morgan fingerprint density at radius 2 is 1.72 bits per heavy atom. The van der Waals surface area contributed by atoms with Crippen LogP contribution < -0.4 is 5.32 Å². The Hall–Kier alpha value is -3.31. The number of alkyl halides is 3. The molecule has 36 heavy (non-hydrogen) atoms. The van der Waals surface area contributed by atoms with E-state index in [0.29, 0.717) is 31.2 Å². The Labute approximate surface area is 208 Å². The van der Waals surface area contributed by atoms with Crippen molar-refractivity contribution in [2.24, 2.45) is 0 Å². The molecule has 3 aromatic rings. The van der Waals surface area contributed by atoms with Crippen LogP contribution in [0.3, 0.4) is 0 Å². The van der Waals surface area contributed by atoms with Crippen molar-refractivity contribution in [2.45, 2.75) is 24.7 Å². The number of rotatable bonds is 5. The second kappa shape index (κ2) is 9.62. The molecule has 2 aliphatic heterocycles. The van der Waals surface area contributed by atoms with Gasteiger partial charge in [-0.25, -0.2) is 9.37 Å². The van der Waals surface area contributed by atoms with E-state index in [4.69, 9.17) is 0 Å². The molecule has 0 radical (unpaired) electrons. The molecular formula is C25H22F4N4O2S. The molecule has 2 fully saturated rings. The molecule has 1 atom stereocenters. The number of nitrogens with one attached hydrogen (secondary N) is 1. The lowest BCUT2D eigenvalue weighted by Crippen LogP contribution is -2.62. The quantitative estimate of drug-likeness (QED) is 0.512. The number of carbonyl (C=O) groups is 2. The minimum Gasteiger partial charge on any atom is -0.335 e. The highest BCUT2D eigenvalue weighted by Gasteiger charge is 2.36. The van der Waals surface area contributed by atoms with Crippen molar-refractivity contribution in [2.75, 3.05) is 26.2 Å². The van der Waals surface area contributed by atoms with Crippen LogP contribution in [0.1, 0.15) is 32.1 Å². The number of thiazole rings is 1. The molecule has 0 saturated carbocycles. The topological polar surface area (TPSA) is 65.5 Å². The van der Waals surface area contributed by atoms with Crippen LogP contribution in [0.25, 0.3) is 11.1 Å². The third kappa shape index (κ3) is 4.98.